The highest BCUT2D eigenvalue weighted by Gasteiger charge is 2.37. The lowest BCUT2D eigenvalue weighted by Gasteiger charge is -2.37. The summed E-state index contributed by atoms with van der Waals surface area (Å²) in [5.74, 6) is 0.250. The third kappa shape index (κ3) is 4.95. The summed E-state index contributed by atoms with van der Waals surface area (Å²) in [6.07, 6.45) is -3.49. The number of hydrogen-bond donors (Lipinski definition) is 1. The normalized spacial score (nSPS) is 17.2. The second-order valence-electron chi connectivity index (χ2n) is 8.14. The van der Waals surface area contributed by atoms with Gasteiger partial charge in [0, 0.05) is 29.6 Å². The number of thiazole rings is 1. The Balaban J connectivity index is 1.68. The average molecular weight is 510 g/mol. The van der Waals surface area contributed by atoms with Crippen molar-refractivity contribution in [2.45, 2.75) is 43.0 Å². The number of nitrogens with one attached hydrogen (secondary N) is 1. The van der Waals surface area contributed by atoms with Crippen LogP contribution in [0.5, 0.6) is 11.5 Å². The summed E-state index contributed by atoms with van der Waals surface area (Å²) in [5.41, 5.74) is -1.47. The van der Waals surface area contributed by atoms with Crippen LogP contribution in [0.1, 0.15) is 43.1 Å². The summed E-state index contributed by atoms with van der Waals surface area (Å²) in [4.78, 5) is 3.86. The van der Waals surface area contributed by atoms with Crippen LogP contribution in [0.4, 0.5) is 18.3 Å². The molecule has 34 heavy (non-hydrogen) atoms. The lowest BCUT2D eigenvalue weighted by Crippen LogP contribution is -2.36. The molecule has 0 amide bonds. The molecular formula is C22H18F3N3O4S2. The fourth-order valence-electron chi connectivity index (χ4n) is 3.53. The lowest BCUT2D eigenvalue weighted by atomic mass is 9.91. The lowest BCUT2D eigenvalue weighted by molar-refractivity contribution is -0.137. The van der Waals surface area contributed by atoms with Crippen molar-refractivity contribution in [1.29, 1.82) is 5.26 Å². The van der Waals surface area contributed by atoms with Crippen molar-refractivity contribution < 1.29 is 31.1 Å². The number of hydrogen-bond acceptors (Lipinski definition) is 7. The van der Waals surface area contributed by atoms with Gasteiger partial charge in [0.05, 0.1) is 16.0 Å². The van der Waals surface area contributed by atoms with Gasteiger partial charge in [0.2, 0.25) is 0 Å². The Hall–Kier alpha value is -3.30. The molecule has 0 bridgehead atoms. The van der Waals surface area contributed by atoms with Crippen LogP contribution in [-0.2, 0) is 16.2 Å². The predicted molar refractivity (Wildman–Crippen MR) is 118 cm³/mol. The first-order chi connectivity index (χ1) is 15.9. The van der Waals surface area contributed by atoms with Crippen molar-refractivity contribution in [2.24, 2.45) is 0 Å². The van der Waals surface area contributed by atoms with Gasteiger partial charge >= 0.3 is 6.18 Å². The van der Waals surface area contributed by atoms with Crippen molar-refractivity contribution in [3.8, 4) is 17.6 Å². The molecule has 3 aromatic rings. The van der Waals surface area contributed by atoms with E-state index in [9.17, 15) is 26.9 Å². The zero-order chi connectivity index (χ0) is 24.7. The molecule has 1 unspecified atom stereocenters. The van der Waals surface area contributed by atoms with Gasteiger partial charge < -0.3 is 9.47 Å². The monoisotopic (exact) mass is 509 g/mol. The maximum Gasteiger partial charge on any atom is 0.416 e. The minimum absolute atomic E-state index is 0.00807. The van der Waals surface area contributed by atoms with E-state index in [0.717, 1.165) is 29.5 Å². The Bertz CT molecular complexity index is 1370. The zero-order valence-corrected chi connectivity index (χ0v) is 19.5. The van der Waals surface area contributed by atoms with Crippen LogP contribution in [0.2, 0.25) is 0 Å². The second-order valence-corrected chi connectivity index (χ2v) is 10.7. The molecule has 4 rings (SSSR count). The summed E-state index contributed by atoms with van der Waals surface area (Å²) in [6, 6.07) is 8.71. The van der Waals surface area contributed by atoms with Crippen LogP contribution in [0.25, 0.3) is 0 Å². The topological polar surface area (TPSA) is 101 Å². The Labute approximate surface area is 197 Å². The van der Waals surface area contributed by atoms with Crippen molar-refractivity contribution in [3.05, 3.63) is 64.7 Å². The first-order valence-electron chi connectivity index (χ1n) is 9.91. The molecule has 1 aliphatic rings. The number of sulfonamides is 1. The van der Waals surface area contributed by atoms with Gasteiger partial charge in [0.25, 0.3) is 10.0 Å². The number of nitriles is 1. The number of alkyl halides is 3. The fourth-order valence-corrected chi connectivity index (χ4v) is 5.34. The van der Waals surface area contributed by atoms with Gasteiger partial charge in [-0.15, -0.1) is 11.3 Å². The molecule has 1 N–H and O–H groups in total. The van der Waals surface area contributed by atoms with Gasteiger partial charge in [0.15, 0.2) is 5.13 Å². The van der Waals surface area contributed by atoms with Crippen LogP contribution < -0.4 is 14.2 Å². The van der Waals surface area contributed by atoms with E-state index in [1.807, 2.05) is 0 Å². The van der Waals surface area contributed by atoms with Crippen LogP contribution in [0.3, 0.4) is 0 Å². The molecule has 1 aromatic heterocycles. The molecule has 178 valence electrons. The summed E-state index contributed by atoms with van der Waals surface area (Å²) >= 11 is 1.13. The minimum Gasteiger partial charge on any atom is -0.487 e. The van der Waals surface area contributed by atoms with E-state index in [0.29, 0.717) is 12.0 Å². The summed E-state index contributed by atoms with van der Waals surface area (Å²) in [6.45, 7) is 3.55. The first kappa shape index (κ1) is 23.8. The number of aromatic nitrogens is 1. The van der Waals surface area contributed by atoms with E-state index < -0.39 is 33.5 Å². The number of nitrogens with zero attached hydrogens (tertiary/aromatic N) is 2. The first-order valence-corrected chi connectivity index (χ1v) is 12.3. The van der Waals surface area contributed by atoms with E-state index in [1.165, 1.54) is 24.4 Å². The van der Waals surface area contributed by atoms with Gasteiger partial charge in [-0.2, -0.15) is 18.4 Å². The van der Waals surface area contributed by atoms with Crippen LogP contribution in [0, 0.1) is 11.3 Å². The Kier molecular flexibility index (Phi) is 5.95. The maximum absolute atomic E-state index is 13.0. The Morgan fingerprint density at radius 2 is 2.03 bits per heavy atom. The molecule has 0 aliphatic carbocycles. The Morgan fingerprint density at radius 1 is 1.26 bits per heavy atom. The smallest absolute Gasteiger partial charge is 0.416 e. The highest BCUT2D eigenvalue weighted by molar-refractivity contribution is 7.93. The molecular weight excluding hydrogens is 491 g/mol. The average Bonchev–Trinajstić information content (AvgIpc) is 3.24. The van der Waals surface area contributed by atoms with E-state index in [4.69, 9.17) is 9.47 Å². The van der Waals surface area contributed by atoms with E-state index in [1.54, 1.807) is 25.3 Å². The third-order valence-corrected chi connectivity index (χ3v) is 7.21. The summed E-state index contributed by atoms with van der Waals surface area (Å²) < 4.78 is 78.9. The zero-order valence-electron chi connectivity index (χ0n) is 17.9. The number of rotatable bonds is 5. The highest BCUT2D eigenvalue weighted by atomic mass is 32.2. The number of ether oxygens (including phenoxy) is 2. The van der Waals surface area contributed by atoms with E-state index >= 15 is 0 Å². The minimum atomic E-state index is -4.59. The van der Waals surface area contributed by atoms with E-state index in [2.05, 4.69) is 9.71 Å². The van der Waals surface area contributed by atoms with Crippen molar-refractivity contribution in [2.75, 3.05) is 4.72 Å². The largest absolute Gasteiger partial charge is 0.487 e. The third-order valence-electron chi connectivity index (χ3n) is 5.06. The molecule has 7 nitrogen and oxygen atoms in total. The molecule has 1 aliphatic heterocycles. The van der Waals surface area contributed by atoms with Gasteiger partial charge in [-0.05, 0) is 38.1 Å². The van der Waals surface area contributed by atoms with Crippen LogP contribution in [-0.4, -0.2) is 19.0 Å². The fraction of sp³-hybridized carbons (Fsp3) is 0.273. The van der Waals surface area contributed by atoms with Crippen molar-refractivity contribution >= 4 is 26.5 Å². The number of anilines is 1. The molecule has 0 spiro atoms. The van der Waals surface area contributed by atoms with Gasteiger partial charge in [0.1, 0.15) is 29.3 Å². The summed E-state index contributed by atoms with van der Waals surface area (Å²) in [5, 5.41) is 11.2. The molecule has 1 atom stereocenters. The molecule has 0 saturated heterocycles. The van der Waals surface area contributed by atoms with Crippen molar-refractivity contribution in [3.63, 3.8) is 0 Å². The number of halogens is 3. The summed E-state index contributed by atoms with van der Waals surface area (Å²) in [7, 11) is -3.93. The van der Waals surface area contributed by atoms with Crippen LogP contribution >= 0.6 is 11.3 Å². The number of fused-ring (bicyclic) bond motifs is 1. The van der Waals surface area contributed by atoms with Crippen LogP contribution in [0.15, 0.2) is 52.9 Å². The van der Waals surface area contributed by atoms with E-state index in [-0.39, 0.29) is 27.1 Å². The molecule has 12 heteroatoms. The molecule has 0 saturated carbocycles. The second kappa shape index (κ2) is 8.48. The molecule has 0 radical (unpaired) electrons. The molecule has 2 aromatic carbocycles. The SMILES string of the molecule is CC1(C)CC(Oc2ccc(C(F)(F)F)cc2C#N)c2ccc(S(=O)(=O)Nc3nccs3)cc2O1. The molecule has 0 fully saturated rings. The predicted octanol–water partition coefficient (Wildman–Crippen LogP) is 5.52. The number of benzene rings is 2. The van der Waals surface area contributed by atoms with Gasteiger partial charge in [-0.3, -0.25) is 4.72 Å². The Morgan fingerprint density at radius 3 is 2.68 bits per heavy atom. The highest BCUT2D eigenvalue weighted by Crippen LogP contribution is 2.44. The maximum atomic E-state index is 13.0. The quantitative estimate of drug-likeness (QED) is 0.486. The van der Waals surface area contributed by atoms with Gasteiger partial charge in [-0.25, -0.2) is 13.4 Å². The van der Waals surface area contributed by atoms with Crippen molar-refractivity contribution in [1.82, 2.24) is 4.98 Å². The standard InChI is InChI=1S/C22H18F3N3O4S2/c1-21(2)11-19(31-17-6-3-14(22(23,24)25)9-13(17)12-26)16-5-4-15(10-18(16)32-21)34(29,30)28-20-27-7-8-33-20/h3-10,19H,11H2,1-2H3,(H,27,28). The molecule has 2 heterocycles. The van der Waals surface area contributed by atoms with Gasteiger partial charge in [-0.1, -0.05) is 6.07 Å².